The van der Waals surface area contributed by atoms with E-state index in [1.807, 2.05) is 0 Å². The van der Waals surface area contributed by atoms with Crippen LogP contribution in [0.1, 0.15) is 19.8 Å². The summed E-state index contributed by atoms with van der Waals surface area (Å²) in [6.07, 6.45) is 2.75. The van der Waals surface area contributed by atoms with Gasteiger partial charge >= 0.3 is 0 Å². The van der Waals surface area contributed by atoms with Gasteiger partial charge in [-0.2, -0.15) is 0 Å². The lowest BCUT2D eigenvalue weighted by atomic mass is 9.73. The standard InChI is InChI=1S/C13H25N3O/c1-2-15-7-10-9-3-5-16(6-4-9)12(10)13(15)11(14)8-17/h9-13,17H,2-8,14H2,1H3. The average Bonchev–Trinajstić information content (AvgIpc) is 2.80. The Kier molecular flexibility index (Phi) is 3.15. The Morgan fingerprint density at radius 2 is 2.06 bits per heavy atom. The van der Waals surface area contributed by atoms with Gasteiger partial charge in [0, 0.05) is 24.7 Å². The Labute approximate surface area is 104 Å². The molecule has 0 radical (unpaired) electrons. The molecule has 2 bridgehead atoms. The van der Waals surface area contributed by atoms with Gasteiger partial charge in [-0.1, -0.05) is 6.92 Å². The van der Waals surface area contributed by atoms with Crippen molar-refractivity contribution < 1.29 is 5.11 Å². The molecule has 0 aromatic rings. The number of fused-ring (bicyclic) bond motifs is 2. The second-order valence-corrected chi connectivity index (χ2v) is 5.95. The second-order valence-electron chi connectivity index (χ2n) is 5.95. The number of aliphatic hydroxyl groups excluding tert-OH is 1. The fourth-order valence-electron chi connectivity index (χ4n) is 4.50. The number of piperidine rings is 3. The Morgan fingerprint density at radius 3 is 2.65 bits per heavy atom. The largest absolute Gasteiger partial charge is 0.395 e. The Morgan fingerprint density at radius 1 is 1.35 bits per heavy atom. The van der Waals surface area contributed by atoms with Crippen LogP contribution in [0.25, 0.3) is 0 Å². The van der Waals surface area contributed by atoms with E-state index < -0.39 is 0 Å². The highest BCUT2D eigenvalue weighted by Crippen LogP contribution is 2.44. The van der Waals surface area contributed by atoms with Crippen LogP contribution in [0.15, 0.2) is 0 Å². The van der Waals surface area contributed by atoms with E-state index in [0.717, 1.165) is 18.4 Å². The molecule has 0 amide bonds. The van der Waals surface area contributed by atoms with Gasteiger partial charge < -0.3 is 10.8 Å². The predicted molar refractivity (Wildman–Crippen MR) is 67.7 cm³/mol. The highest BCUT2D eigenvalue weighted by Gasteiger charge is 2.53. The SMILES string of the molecule is CCN1CC2C3CCN(CC3)C2C1C(N)CO. The summed E-state index contributed by atoms with van der Waals surface area (Å²) in [5.74, 6) is 1.72. The maximum Gasteiger partial charge on any atom is 0.0598 e. The molecule has 4 rings (SSSR count). The molecule has 0 aromatic carbocycles. The number of nitrogens with two attached hydrogens (primary N) is 1. The number of nitrogens with zero attached hydrogens (tertiary/aromatic N) is 2. The molecular weight excluding hydrogens is 214 g/mol. The minimum Gasteiger partial charge on any atom is -0.395 e. The van der Waals surface area contributed by atoms with Gasteiger partial charge in [0.25, 0.3) is 0 Å². The molecule has 98 valence electrons. The average molecular weight is 239 g/mol. The maximum absolute atomic E-state index is 9.40. The van der Waals surface area contributed by atoms with Crippen LogP contribution in [-0.2, 0) is 0 Å². The van der Waals surface area contributed by atoms with Crippen molar-refractivity contribution in [3.63, 3.8) is 0 Å². The molecule has 4 unspecified atom stereocenters. The first kappa shape index (κ1) is 11.9. The summed E-state index contributed by atoms with van der Waals surface area (Å²) in [5, 5.41) is 9.40. The van der Waals surface area contributed by atoms with E-state index in [2.05, 4.69) is 16.7 Å². The zero-order chi connectivity index (χ0) is 12.0. The van der Waals surface area contributed by atoms with Gasteiger partial charge in [0.15, 0.2) is 0 Å². The molecule has 0 spiro atoms. The van der Waals surface area contributed by atoms with Crippen LogP contribution < -0.4 is 5.73 Å². The number of likely N-dealkylation sites (tertiary alicyclic amines) is 1. The molecule has 0 aliphatic carbocycles. The van der Waals surface area contributed by atoms with Crippen molar-refractivity contribution in [2.45, 2.75) is 37.9 Å². The third-order valence-corrected chi connectivity index (χ3v) is 5.31. The second kappa shape index (κ2) is 4.50. The van der Waals surface area contributed by atoms with Crippen molar-refractivity contribution in [1.29, 1.82) is 0 Å². The fourth-order valence-corrected chi connectivity index (χ4v) is 4.50. The van der Waals surface area contributed by atoms with Gasteiger partial charge in [0.05, 0.1) is 6.61 Å². The fraction of sp³-hybridized carbons (Fsp3) is 1.00. The zero-order valence-corrected chi connectivity index (χ0v) is 10.8. The van der Waals surface area contributed by atoms with E-state index in [9.17, 15) is 5.11 Å². The molecule has 4 aliphatic heterocycles. The molecule has 0 saturated carbocycles. The lowest BCUT2D eigenvalue weighted by Gasteiger charge is -2.50. The first-order valence-electron chi connectivity index (χ1n) is 7.10. The first-order valence-corrected chi connectivity index (χ1v) is 7.10. The summed E-state index contributed by atoms with van der Waals surface area (Å²) in [5.41, 5.74) is 6.16. The molecule has 4 fully saturated rings. The minimum atomic E-state index is -0.0794. The van der Waals surface area contributed by atoms with Crippen LogP contribution in [-0.4, -0.2) is 65.8 Å². The van der Waals surface area contributed by atoms with Crippen LogP contribution in [0.3, 0.4) is 0 Å². The third-order valence-electron chi connectivity index (χ3n) is 5.31. The molecule has 4 atom stereocenters. The van der Waals surface area contributed by atoms with Crippen molar-refractivity contribution in [2.75, 3.05) is 32.8 Å². The molecule has 3 N–H and O–H groups in total. The topological polar surface area (TPSA) is 52.7 Å². The normalized spacial score (nSPS) is 47.1. The number of likely N-dealkylation sites (N-methyl/N-ethyl adjacent to an activating group) is 1. The van der Waals surface area contributed by atoms with E-state index in [1.54, 1.807) is 0 Å². The van der Waals surface area contributed by atoms with Crippen molar-refractivity contribution in [3.05, 3.63) is 0 Å². The summed E-state index contributed by atoms with van der Waals surface area (Å²) >= 11 is 0. The van der Waals surface area contributed by atoms with Crippen LogP contribution >= 0.6 is 0 Å². The summed E-state index contributed by atoms with van der Waals surface area (Å²) in [4.78, 5) is 5.15. The van der Waals surface area contributed by atoms with E-state index in [4.69, 9.17) is 5.73 Å². The maximum atomic E-state index is 9.40. The molecule has 0 aromatic heterocycles. The predicted octanol–water partition coefficient (Wildman–Crippen LogP) is -0.279. The smallest absolute Gasteiger partial charge is 0.0598 e. The Bertz CT molecular complexity index is 278. The molecule has 4 saturated heterocycles. The molecule has 4 heteroatoms. The van der Waals surface area contributed by atoms with Crippen molar-refractivity contribution >= 4 is 0 Å². The summed E-state index contributed by atoms with van der Waals surface area (Å²) in [6.45, 7) is 7.08. The Balaban J connectivity index is 1.86. The number of rotatable bonds is 3. The van der Waals surface area contributed by atoms with E-state index in [0.29, 0.717) is 12.1 Å². The van der Waals surface area contributed by atoms with Gasteiger partial charge in [0.2, 0.25) is 0 Å². The summed E-state index contributed by atoms with van der Waals surface area (Å²) < 4.78 is 0. The number of aliphatic hydroxyl groups is 1. The molecule has 4 nitrogen and oxygen atoms in total. The quantitative estimate of drug-likeness (QED) is 0.711. The summed E-state index contributed by atoms with van der Waals surface area (Å²) in [7, 11) is 0. The van der Waals surface area contributed by atoms with E-state index in [1.165, 1.54) is 32.5 Å². The molecular formula is C13H25N3O. The molecule has 4 aliphatic rings. The van der Waals surface area contributed by atoms with Crippen LogP contribution in [0.2, 0.25) is 0 Å². The van der Waals surface area contributed by atoms with Gasteiger partial charge in [0.1, 0.15) is 0 Å². The van der Waals surface area contributed by atoms with Crippen molar-refractivity contribution in [1.82, 2.24) is 9.80 Å². The first-order chi connectivity index (χ1) is 8.26. The van der Waals surface area contributed by atoms with Crippen LogP contribution in [0, 0.1) is 11.8 Å². The zero-order valence-electron chi connectivity index (χ0n) is 10.8. The van der Waals surface area contributed by atoms with Gasteiger partial charge in [-0.15, -0.1) is 0 Å². The van der Waals surface area contributed by atoms with Gasteiger partial charge in [-0.25, -0.2) is 0 Å². The minimum absolute atomic E-state index is 0.0794. The van der Waals surface area contributed by atoms with E-state index in [-0.39, 0.29) is 12.6 Å². The Hall–Kier alpha value is -0.160. The van der Waals surface area contributed by atoms with Crippen molar-refractivity contribution in [2.24, 2.45) is 17.6 Å². The molecule has 17 heavy (non-hydrogen) atoms. The van der Waals surface area contributed by atoms with Crippen LogP contribution in [0.5, 0.6) is 0 Å². The lowest BCUT2D eigenvalue weighted by molar-refractivity contribution is -0.00342. The number of hydrogen-bond donors (Lipinski definition) is 2. The molecule has 4 heterocycles. The number of hydrogen-bond acceptors (Lipinski definition) is 4. The van der Waals surface area contributed by atoms with Gasteiger partial charge in [-0.3, -0.25) is 9.80 Å². The van der Waals surface area contributed by atoms with Crippen molar-refractivity contribution in [3.8, 4) is 0 Å². The highest BCUT2D eigenvalue weighted by molar-refractivity contribution is 5.09. The van der Waals surface area contributed by atoms with Gasteiger partial charge in [-0.05, 0) is 44.3 Å². The van der Waals surface area contributed by atoms with Crippen LogP contribution in [0.4, 0.5) is 0 Å². The monoisotopic (exact) mass is 239 g/mol. The highest BCUT2D eigenvalue weighted by atomic mass is 16.3. The summed E-state index contributed by atoms with van der Waals surface area (Å²) in [6, 6.07) is 0.909. The lowest BCUT2D eigenvalue weighted by Crippen LogP contribution is -2.61. The third kappa shape index (κ3) is 1.73. The van der Waals surface area contributed by atoms with E-state index >= 15 is 0 Å².